The van der Waals surface area contributed by atoms with Gasteiger partial charge in [-0.1, -0.05) is 6.08 Å². The maximum Gasteiger partial charge on any atom is 0.335 e. The molecule has 1 aromatic rings. The quantitative estimate of drug-likeness (QED) is 0.629. The summed E-state index contributed by atoms with van der Waals surface area (Å²) < 4.78 is 0. The number of hydrogen-bond acceptors (Lipinski definition) is 3. The number of carboxylic acids is 1. The highest BCUT2D eigenvalue weighted by Gasteiger charge is 2.22. The average Bonchev–Trinajstić information content (AvgIpc) is 2.46. The van der Waals surface area contributed by atoms with Crippen LogP contribution in [0, 0.1) is 0 Å². The number of anilines is 1. The Morgan fingerprint density at radius 1 is 1.45 bits per heavy atom. The van der Waals surface area contributed by atoms with Crippen LogP contribution in [0.2, 0.25) is 0 Å². The number of nitrogens with one attached hydrogen (secondary N) is 1. The van der Waals surface area contributed by atoms with Crippen LogP contribution in [0.3, 0.4) is 0 Å². The highest BCUT2D eigenvalue weighted by Crippen LogP contribution is 2.28. The molecule has 0 aliphatic carbocycles. The number of amides is 1. The standard InChI is InChI=1S/C15H18N2O3/c1-2-7-16-10-14(18)17-8-3-4-11-9-12(15(19)20)5-6-13(11)17/h2,5-6,9,16H,1,3-4,7-8,10H2,(H,19,20). The molecule has 0 radical (unpaired) electrons. The molecule has 0 unspecified atom stereocenters. The number of fused-ring (bicyclic) bond motifs is 1. The van der Waals surface area contributed by atoms with Crippen LogP contribution < -0.4 is 10.2 Å². The van der Waals surface area contributed by atoms with Crippen LogP contribution in [0.4, 0.5) is 5.69 Å². The van der Waals surface area contributed by atoms with Crippen molar-refractivity contribution >= 4 is 17.6 Å². The van der Waals surface area contributed by atoms with Crippen molar-refractivity contribution in [1.29, 1.82) is 0 Å². The molecule has 5 nitrogen and oxygen atoms in total. The largest absolute Gasteiger partial charge is 0.478 e. The van der Waals surface area contributed by atoms with Crippen LogP contribution in [0.15, 0.2) is 30.9 Å². The fourth-order valence-electron chi connectivity index (χ4n) is 2.37. The van der Waals surface area contributed by atoms with E-state index in [1.807, 2.05) is 0 Å². The van der Waals surface area contributed by atoms with Gasteiger partial charge in [-0.3, -0.25) is 4.79 Å². The molecule has 0 atom stereocenters. The Bertz CT molecular complexity index is 540. The number of benzene rings is 1. The lowest BCUT2D eigenvalue weighted by molar-refractivity contribution is -0.117. The van der Waals surface area contributed by atoms with E-state index in [1.54, 1.807) is 29.2 Å². The fourth-order valence-corrected chi connectivity index (χ4v) is 2.37. The second-order valence-corrected chi connectivity index (χ2v) is 4.72. The number of aryl methyl sites for hydroxylation is 1. The Balaban J connectivity index is 2.17. The topological polar surface area (TPSA) is 69.6 Å². The van der Waals surface area contributed by atoms with Crippen molar-refractivity contribution in [1.82, 2.24) is 5.32 Å². The molecule has 2 rings (SSSR count). The van der Waals surface area contributed by atoms with E-state index >= 15 is 0 Å². The van der Waals surface area contributed by atoms with Gasteiger partial charge in [0.05, 0.1) is 12.1 Å². The Morgan fingerprint density at radius 3 is 2.95 bits per heavy atom. The smallest absolute Gasteiger partial charge is 0.335 e. The summed E-state index contributed by atoms with van der Waals surface area (Å²) in [7, 11) is 0. The molecule has 0 saturated heterocycles. The summed E-state index contributed by atoms with van der Waals surface area (Å²) in [5.41, 5.74) is 2.02. The first-order valence-electron chi connectivity index (χ1n) is 6.61. The summed E-state index contributed by atoms with van der Waals surface area (Å²) in [6, 6.07) is 4.93. The first-order chi connectivity index (χ1) is 9.63. The van der Waals surface area contributed by atoms with E-state index in [0.29, 0.717) is 13.1 Å². The van der Waals surface area contributed by atoms with Gasteiger partial charge in [-0.25, -0.2) is 4.79 Å². The van der Waals surface area contributed by atoms with Crippen LogP contribution in [-0.4, -0.2) is 36.6 Å². The second kappa shape index (κ2) is 6.34. The van der Waals surface area contributed by atoms with Crippen LogP contribution in [0.25, 0.3) is 0 Å². The summed E-state index contributed by atoms with van der Waals surface area (Å²) in [5, 5.41) is 12.0. The van der Waals surface area contributed by atoms with Crippen molar-refractivity contribution in [3.8, 4) is 0 Å². The fraction of sp³-hybridized carbons (Fsp3) is 0.333. The maximum atomic E-state index is 12.2. The number of rotatable bonds is 5. The SMILES string of the molecule is C=CCNCC(=O)N1CCCc2cc(C(=O)O)ccc21. The first-order valence-corrected chi connectivity index (χ1v) is 6.61. The monoisotopic (exact) mass is 274 g/mol. The molecule has 1 aromatic carbocycles. The van der Waals surface area contributed by atoms with Gasteiger partial charge in [0, 0.05) is 18.8 Å². The van der Waals surface area contributed by atoms with E-state index in [-0.39, 0.29) is 18.0 Å². The molecule has 1 aliphatic heterocycles. The van der Waals surface area contributed by atoms with Gasteiger partial charge < -0.3 is 15.3 Å². The molecule has 5 heteroatoms. The van der Waals surface area contributed by atoms with Crippen molar-refractivity contribution in [2.45, 2.75) is 12.8 Å². The maximum absolute atomic E-state index is 12.2. The first kappa shape index (κ1) is 14.3. The van der Waals surface area contributed by atoms with E-state index in [1.165, 1.54) is 0 Å². The number of hydrogen-bond donors (Lipinski definition) is 2. The van der Waals surface area contributed by atoms with Gasteiger partial charge in [0.15, 0.2) is 0 Å². The molecular formula is C15H18N2O3. The molecule has 0 bridgehead atoms. The predicted molar refractivity (Wildman–Crippen MR) is 77.1 cm³/mol. The lowest BCUT2D eigenvalue weighted by Crippen LogP contribution is -2.41. The van der Waals surface area contributed by atoms with E-state index in [4.69, 9.17) is 5.11 Å². The molecule has 2 N–H and O–H groups in total. The summed E-state index contributed by atoms with van der Waals surface area (Å²) in [6.07, 6.45) is 3.36. The van der Waals surface area contributed by atoms with Crippen molar-refractivity contribution in [2.24, 2.45) is 0 Å². The zero-order chi connectivity index (χ0) is 14.5. The summed E-state index contributed by atoms with van der Waals surface area (Å²) in [6.45, 7) is 5.11. The summed E-state index contributed by atoms with van der Waals surface area (Å²) in [4.78, 5) is 24.9. The van der Waals surface area contributed by atoms with Gasteiger partial charge in [-0.05, 0) is 36.6 Å². The molecule has 20 heavy (non-hydrogen) atoms. The Kier molecular flexibility index (Phi) is 4.53. The highest BCUT2D eigenvalue weighted by molar-refractivity contribution is 5.97. The van der Waals surface area contributed by atoms with Crippen LogP contribution in [0.5, 0.6) is 0 Å². The van der Waals surface area contributed by atoms with Gasteiger partial charge in [0.25, 0.3) is 0 Å². The Hall–Kier alpha value is -2.14. The summed E-state index contributed by atoms with van der Waals surface area (Å²) in [5.74, 6) is -0.945. The molecule has 0 fully saturated rings. The van der Waals surface area contributed by atoms with Crippen molar-refractivity contribution in [2.75, 3.05) is 24.5 Å². The highest BCUT2D eigenvalue weighted by atomic mass is 16.4. The molecule has 0 saturated carbocycles. The number of carbonyl (C=O) groups is 2. The minimum Gasteiger partial charge on any atom is -0.478 e. The van der Waals surface area contributed by atoms with Gasteiger partial charge in [0.2, 0.25) is 5.91 Å². The Morgan fingerprint density at radius 2 is 2.25 bits per heavy atom. The molecule has 1 amide bonds. The molecule has 1 aliphatic rings. The normalized spacial score (nSPS) is 13.7. The lowest BCUT2D eigenvalue weighted by atomic mass is 9.99. The number of carbonyl (C=O) groups excluding carboxylic acids is 1. The lowest BCUT2D eigenvalue weighted by Gasteiger charge is -2.29. The number of nitrogens with zero attached hydrogens (tertiary/aromatic N) is 1. The number of aromatic carboxylic acids is 1. The predicted octanol–water partition coefficient (Wildman–Crippen LogP) is 1.44. The minimum atomic E-state index is -0.941. The summed E-state index contributed by atoms with van der Waals surface area (Å²) >= 11 is 0. The third-order valence-corrected chi connectivity index (χ3v) is 3.31. The van der Waals surface area contributed by atoms with Crippen molar-refractivity contribution in [3.63, 3.8) is 0 Å². The van der Waals surface area contributed by atoms with Gasteiger partial charge >= 0.3 is 5.97 Å². The van der Waals surface area contributed by atoms with Gasteiger partial charge in [-0.2, -0.15) is 0 Å². The molecule has 0 spiro atoms. The van der Waals surface area contributed by atoms with Gasteiger partial charge in [0.1, 0.15) is 0 Å². The van der Waals surface area contributed by atoms with Crippen LogP contribution >= 0.6 is 0 Å². The van der Waals surface area contributed by atoms with Crippen molar-refractivity contribution in [3.05, 3.63) is 42.0 Å². The minimum absolute atomic E-state index is 0.00382. The molecule has 106 valence electrons. The van der Waals surface area contributed by atoms with Crippen molar-refractivity contribution < 1.29 is 14.7 Å². The van der Waals surface area contributed by atoms with E-state index in [9.17, 15) is 9.59 Å². The van der Waals surface area contributed by atoms with Crippen LogP contribution in [-0.2, 0) is 11.2 Å². The van der Waals surface area contributed by atoms with E-state index < -0.39 is 5.97 Å². The van der Waals surface area contributed by atoms with E-state index in [0.717, 1.165) is 24.1 Å². The van der Waals surface area contributed by atoms with Crippen LogP contribution in [0.1, 0.15) is 22.3 Å². The third-order valence-electron chi connectivity index (χ3n) is 3.31. The zero-order valence-corrected chi connectivity index (χ0v) is 11.3. The van der Waals surface area contributed by atoms with E-state index in [2.05, 4.69) is 11.9 Å². The van der Waals surface area contributed by atoms with Gasteiger partial charge in [-0.15, -0.1) is 6.58 Å². The Labute approximate surface area is 117 Å². The molecule has 0 aromatic heterocycles. The molecular weight excluding hydrogens is 256 g/mol. The molecule has 1 heterocycles. The third kappa shape index (κ3) is 3.05. The average molecular weight is 274 g/mol. The zero-order valence-electron chi connectivity index (χ0n) is 11.3. The number of carboxylic acid groups (broad SMARTS) is 1. The second-order valence-electron chi connectivity index (χ2n) is 4.72.